The molecular formula is C21H15F3. The highest BCUT2D eigenvalue weighted by Gasteiger charge is 2.35. The van der Waals surface area contributed by atoms with Gasteiger partial charge in [-0.25, -0.2) is 0 Å². The van der Waals surface area contributed by atoms with E-state index in [4.69, 9.17) is 0 Å². The molecular weight excluding hydrogens is 309 g/mol. The summed E-state index contributed by atoms with van der Waals surface area (Å²) in [6.45, 7) is 1.74. The zero-order valence-corrected chi connectivity index (χ0v) is 13.1. The molecule has 0 amide bonds. The van der Waals surface area contributed by atoms with Gasteiger partial charge in [-0.2, -0.15) is 13.2 Å². The summed E-state index contributed by atoms with van der Waals surface area (Å²) in [5.41, 5.74) is 5.39. The standard InChI is InChI=1S/C21H15F3/c1-13-6-4-11-19(21(22,23)24)20(13)17-10-5-9-16-15-8-3-2-7-14(15)12-18(16)17/h2-11H,12H2,1H3. The summed E-state index contributed by atoms with van der Waals surface area (Å²) in [4.78, 5) is 0. The minimum Gasteiger partial charge on any atom is -0.166 e. The molecule has 0 unspecified atom stereocenters. The predicted octanol–water partition coefficient (Wildman–Crippen LogP) is 6.25. The molecule has 1 aliphatic carbocycles. The average Bonchev–Trinajstić information content (AvgIpc) is 2.93. The van der Waals surface area contributed by atoms with Gasteiger partial charge in [0.15, 0.2) is 0 Å². The van der Waals surface area contributed by atoms with Crippen LogP contribution in [-0.2, 0) is 12.6 Å². The van der Waals surface area contributed by atoms with Crippen LogP contribution < -0.4 is 0 Å². The van der Waals surface area contributed by atoms with Gasteiger partial charge in [-0.3, -0.25) is 0 Å². The van der Waals surface area contributed by atoms with Crippen molar-refractivity contribution in [1.82, 2.24) is 0 Å². The first-order valence-electron chi connectivity index (χ1n) is 7.84. The first kappa shape index (κ1) is 15.0. The van der Waals surface area contributed by atoms with Gasteiger partial charge < -0.3 is 0 Å². The molecule has 1 aliphatic rings. The molecule has 120 valence electrons. The van der Waals surface area contributed by atoms with Crippen molar-refractivity contribution in [3.05, 3.63) is 82.9 Å². The van der Waals surface area contributed by atoms with Gasteiger partial charge in [0, 0.05) is 0 Å². The Morgan fingerprint density at radius 3 is 2.21 bits per heavy atom. The topological polar surface area (TPSA) is 0 Å². The summed E-state index contributed by atoms with van der Waals surface area (Å²) >= 11 is 0. The van der Waals surface area contributed by atoms with E-state index < -0.39 is 11.7 Å². The van der Waals surface area contributed by atoms with Crippen molar-refractivity contribution in [1.29, 1.82) is 0 Å². The average molecular weight is 324 g/mol. The Morgan fingerprint density at radius 2 is 1.42 bits per heavy atom. The minimum absolute atomic E-state index is 0.301. The first-order valence-corrected chi connectivity index (χ1v) is 7.84. The molecule has 24 heavy (non-hydrogen) atoms. The second kappa shape index (κ2) is 5.23. The number of rotatable bonds is 1. The van der Waals surface area contributed by atoms with Crippen LogP contribution in [0.4, 0.5) is 13.2 Å². The summed E-state index contributed by atoms with van der Waals surface area (Å²) in [5.74, 6) is 0. The van der Waals surface area contributed by atoms with Crippen LogP contribution >= 0.6 is 0 Å². The molecule has 0 radical (unpaired) electrons. The summed E-state index contributed by atoms with van der Waals surface area (Å²) in [7, 11) is 0. The zero-order valence-electron chi connectivity index (χ0n) is 13.1. The van der Waals surface area contributed by atoms with E-state index in [1.807, 2.05) is 42.5 Å². The van der Waals surface area contributed by atoms with E-state index in [-0.39, 0.29) is 0 Å². The second-order valence-electron chi connectivity index (χ2n) is 6.16. The lowest BCUT2D eigenvalue weighted by atomic mass is 9.89. The molecule has 0 bridgehead atoms. The Morgan fingerprint density at radius 1 is 0.750 bits per heavy atom. The Hall–Kier alpha value is -2.55. The Bertz CT molecular complexity index is 936. The van der Waals surface area contributed by atoms with Gasteiger partial charge in [0.25, 0.3) is 0 Å². The fourth-order valence-electron chi connectivity index (χ4n) is 3.65. The van der Waals surface area contributed by atoms with Crippen LogP contribution in [0.25, 0.3) is 22.3 Å². The number of hydrogen-bond acceptors (Lipinski definition) is 0. The Kier molecular flexibility index (Phi) is 3.27. The monoisotopic (exact) mass is 324 g/mol. The third-order valence-electron chi connectivity index (χ3n) is 4.70. The van der Waals surface area contributed by atoms with Crippen LogP contribution in [0.15, 0.2) is 60.7 Å². The number of alkyl halides is 3. The van der Waals surface area contributed by atoms with E-state index in [0.717, 1.165) is 16.7 Å². The Labute approximate surface area is 138 Å². The highest BCUT2D eigenvalue weighted by atomic mass is 19.4. The van der Waals surface area contributed by atoms with Gasteiger partial charge in [-0.1, -0.05) is 54.6 Å². The van der Waals surface area contributed by atoms with Crippen molar-refractivity contribution < 1.29 is 13.2 Å². The molecule has 0 atom stereocenters. The minimum atomic E-state index is -4.37. The molecule has 0 fully saturated rings. The first-order chi connectivity index (χ1) is 11.5. The summed E-state index contributed by atoms with van der Waals surface area (Å²) in [6, 6.07) is 18.1. The highest BCUT2D eigenvalue weighted by molar-refractivity contribution is 5.86. The maximum atomic E-state index is 13.5. The van der Waals surface area contributed by atoms with E-state index in [2.05, 4.69) is 0 Å². The number of fused-ring (bicyclic) bond motifs is 3. The van der Waals surface area contributed by atoms with Crippen LogP contribution in [0, 0.1) is 6.92 Å². The van der Waals surface area contributed by atoms with Crippen molar-refractivity contribution >= 4 is 0 Å². The van der Waals surface area contributed by atoms with Gasteiger partial charge in [0.1, 0.15) is 0 Å². The molecule has 0 saturated carbocycles. The molecule has 0 nitrogen and oxygen atoms in total. The molecule has 0 aromatic heterocycles. The third kappa shape index (κ3) is 2.23. The van der Waals surface area contributed by atoms with Crippen LogP contribution in [-0.4, -0.2) is 0 Å². The summed E-state index contributed by atoms with van der Waals surface area (Å²) in [6.07, 6.45) is -3.69. The second-order valence-corrected chi connectivity index (χ2v) is 6.16. The number of benzene rings is 3. The van der Waals surface area contributed by atoms with Crippen molar-refractivity contribution in [3.8, 4) is 22.3 Å². The molecule has 0 heterocycles. The van der Waals surface area contributed by atoms with Crippen molar-refractivity contribution in [2.24, 2.45) is 0 Å². The quantitative estimate of drug-likeness (QED) is 0.388. The van der Waals surface area contributed by atoms with Crippen molar-refractivity contribution in [2.75, 3.05) is 0 Å². The Balaban J connectivity index is 1.99. The van der Waals surface area contributed by atoms with Gasteiger partial charge in [-0.15, -0.1) is 0 Å². The molecule has 0 aliphatic heterocycles. The van der Waals surface area contributed by atoms with Gasteiger partial charge in [0.2, 0.25) is 0 Å². The van der Waals surface area contributed by atoms with Gasteiger partial charge in [-0.05, 0) is 58.4 Å². The van der Waals surface area contributed by atoms with Crippen LogP contribution in [0.3, 0.4) is 0 Å². The lowest BCUT2D eigenvalue weighted by Gasteiger charge is -2.18. The predicted molar refractivity (Wildman–Crippen MR) is 89.9 cm³/mol. The smallest absolute Gasteiger partial charge is 0.166 e. The summed E-state index contributed by atoms with van der Waals surface area (Å²) in [5, 5.41) is 0. The highest BCUT2D eigenvalue weighted by Crippen LogP contribution is 2.45. The lowest BCUT2D eigenvalue weighted by Crippen LogP contribution is -2.08. The van der Waals surface area contributed by atoms with Gasteiger partial charge >= 0.3 is 6.18 Å². The number of halogens is 3. The molecule has 3 aromatic rings. The molecule has 0 spiro atoms. The fourth-order valence-corrected chi connectivity index (χ4v) is 3.65. The number of aryl methyl sites for hydroxylation is 1. The number of hydrogen-bond donors (Lipinski definition) is 0. The summed E-state index contributed by atoms with van der Waals surface area (Å²) < 4.78 is 40.6. The SMILES string of the molecule is Cc1cccc(C(F)(F)F)c1-c1cccc2c1Cc1ccccc1-2. The molecule has 3 heteroatoms. The van der Waals surface area contributed by atoms with Gasteiger partial charge in [0.05, 0.1) is 5.56 Å². The van der Waals surface area contributed by atoms with Crippen LogP contribution in [0.2, 0.25) is 0 Å². The maximum Gasteiger partial charge on any atom is 0.417 e. The maximum absolute atomic E-state index is 13.5. The van der Waals surface area contributed by atoms with Crippen molar-refractivity contribution in [3.63, 3.8) is 0 Å². The van der Waals surface area contributed by atoms with Crippen LogP contribution in [0.1, 0.15) is 22.3 Å². The van der Waals surface area contributed by atoms with E-state index in [1.165, 1.54) is 17.7 Å². The van der Waals surface area contributed by atoms with E-state index in [0.29, 0.717) is 23.1 Å². The van der Waals surface area contributed by atoms with E-state index in [1.54, 1.807) is 13.0 Å². The van der Waals surface area contributed by atoms with E-state index >= 15 is 0 Å². The largest absolute Gasteiger partial charge is 0.417 e. The third-order valence-corrected chi connectivity index (χ3v) is 4.70. The molecule has 3 aromatic carbocycles. The zero-order chi connectivity index (χ0) is 16.9. The lowest BCUT2D eigenvalue weighted by molar-refractivity contribution is -0.137. The fraction of sp³-hybridized carbons (Fsp3) is 0.143. The van der Waals surface area contributed by atoms with E-state index in [9.17, 15) is 13.2 Å². The molecule has 4 rings (SSSR count). The molecule has 0 saturated heterocycles. The molecule has 0 N–H and O–H groups in total. The van der Waals surface area contributed by atoms with Crippen molar-refractivity contribution in [2.45, 2.75) is 19.5 Å². The van der Waals surface area contributed by atoms with Crippen LogP contribution in [0.5, 0.6) is 0 Å². The normalized spacial score (nSPS) is 12.8.